The van der Waals surface area contributed by atoms with E-state index in [1.165, 1.54) is 7.11 Å². The van der Waals surface area contributed by atoms with E-state index in [9.17, 15) is 22.4 Å². The summed E-state index contributed by atoms with van der Waals surface area (Å²) in [6, 6.07) is 11.1. The van der Waals surface area contributed by atoms with Crippen molar-refractivity contribution in [2.45, 2.75) is 89.5 Å². The third kappa shape index (κ3) is 11.1. The molecule has 0 spiro atoms. The van der Waals surface area contributed by atoms with Gasteiger partial charge in [-0.05, 0) is 93.2 Å². The largest absolute Gasteiger partial charge is 0.491 e. The van der Waals surface area contributed by atoms with Gasteiger partial charge in [-0.2, -0.15) is 13.2 Å². The summed E-state index contributed by atoms with van der Waals surface area (Å²) in [5.41, 5.74) is 2.03. The smallest absolute Gasteiger partial charge is 0.406 e. The molecule has 1 saturated heterocycles. The average molecular weight is 733 g/mol. The quantitative estimate of drug-likeness (QED) is 0.0566. The molecular weight excluding hydrogens is 681 g/mol. The highest BCUT2D eigenvalue weighted by atomic mass is 28.4. The number of anilines is 2. The average Bonchev–Trinajstić information content (AvgIpc) is 3.39. The van der Waals surface area contributed by atoms with Gasteiger partial charge in [0.05, 0.1) is 48.8 Å². The lowest BCUT2D eigenvalue weighted by Gasteiger charge is -2.36. The number of nitrogens with zero attached hydrogens (tertiary/aromatic N) is 2. The second-order valence-corrected chi connectivity index (χ2v) is 19.5. The molecular formula is C38H52F4N4O4Si. The molecule has 0 saturated carbocycles. The van der Waals surface area contributed by atoms with E-state index in [0.29, 0.717) is 53.2 Å². The van der Waals surface area contributed by atoms with Crippen LogP contribution in [0.2, 0.25) is 18.1 Å². The Morgan fingerprint density at radius 2 is 1.78 bits per heavy atom. The maximum atomic E-state index is 14.8. The molecule has 4 rings (SSSR count). The number of rotatable bonds is 14. The van der Waals surface area contributed by atoms with Crippen molar-refractivity contribution in [1.82, 2.24) is 9.47 Å². The van der Waals surface area contributed by atoms with E-state index in [4.69, 9.17) is 13.9 Å². The van der Waals surface area contributed by atoms with Gasteiger partial charge in [-0.3, -0.25) is 0 Å². The first-order valence-electron chi connectivity index (χ1n) is 17.5. The third-order valence-electron chi connectivity index (χ3n) is 9.67. The Kier molecular flexibility index (Phi) is 13.5. The fourth-order valence-corrected chi connectivity index (χ4v) is 6.78. The Labute approximate surface area is 300 Å². The van der Waals surface area contributed by atoms with Crippen molar-refractivity contribution < 1.29 is 36.3 Å². The molecule has 1 aromatic heterocycles. The Balaban J connectivity index is 1.46. The van der Waals surface area contributed by atoms with Crippen LogP contribution >= 0.6 is 0 Å². The topological polar surface area (TPSA) is 77.0 Å². The van der Waals surface area contributed by atoms with Crippen molar-refractivity contribution in [3.05, 3.63) is 53.7 Å². The van der Waals surface area contributed by atoms with Gasteiger partial charge in [0.25, 0.3) is 0 Å². The summed E-state index contributed by atoms with van der Waals surface area (Å²) in [6.45, 7) is 12.1. The van der Waals surface area contributed by atoms with Gasteiger partial charge in [0.1, 0.15) is 18.5 Å². The maximum absolute atomic E-state index is 14.8. The van der Waals surface area contributed by atoms with Crippen LogP contribution in [0.15, 0.2) is 42.5 Å². The molecule has 0 amide bonds. The fraction of sp³-hybridized carbons (Fsp3) is 0.553. The first-order chi connectivity index (χ1) is 24.0. The predicted molar refractivity (Wildman–Crippen MR) is 198 cm³/mol. The maximum Gasteiger partial charge on any atom is 0.406 e. The van der Waals surface area contributed by atoms with E-state index in [2.05, 4.69) is 56.3 Å². The third-order valence-corrected chi connectivity index (χ3v) is 14.2. The number of fused-ring (bicyclic) bond motifs is 1. The number of ether oxygens (including phenoxy) is 2. The van der Waals surface area contributed by atoms with E-state index in [-0.39, 0.29) is 23.8 Å². The molecule has 0 radical (unpaired) electrons. The molecule has 2 heterocycles. The second-order valence-electron chi connectivity index (χ2n) is 14.7. The van der Waals surface area contributed by atoms with Crippen molar-refractivity contribution in [3.63, 3.8) is 0 Å². The zero-order valence-corrected chi connectivity index (χ0v) is 31.8. The summed E-state index contributed by atoms with van der Waals surface area (Å²) in [6.07, 6.45) is -2.40. The summed E-state index contributed by atoms with van der Waals surface area (Å²) in [7, 11) is 1.38. The van der Waals surface area contributed by atoms with Crippen molar-refractivity contribution in [2.75, 3.05) is 57.6 Å². The van der Waals surface area contributed by atoms with Crippen LogP contribution in [0, 0.1) is 11.8 Å². The molecule has 0 aliphatic carbocycles. The monoisotopic (exact) mass is 732 g/mol. The molecule has 13 heteroatoms. The molecule has 0 unspecified atom stereocenters. The number of carbonyl (C=O) groups excluding carboxylic acids is 1. The van der Waals surface area contributed by atoms with Gasteiger partial charge in [-0.15, -0.1) is 0 Å². The van der Waals surface area contributed by atoms with Crippen molar-refractivity contribution >= 4 is 36.6 Å². The van der Waals surface area contributed by atoms with Crippen LogP contribution in [-0.4, -0.2) is 89.1 Å². The Morgan fingerprint density at radius 3 is 2.47 bits per heavy atom. The molecule has 0 bridgehead atoms. The Bertz CT molecular complexity index is 1690. The van der Waals surface area contributed by atoms with Gasteiger partial charge >= 0.3 is 12.1 Å². The van der Waals surface area contributed by atoms with Crippen LogP contribution in [0.25, 0.3) is 10.9 Å². The van der Waals surface area contributed by atoms with Gasteiger partial charge in [0.15, 0.2) is 8.32 Å². The molecule has 8 nitrogen and oxygen atoms in total. The van der Waals surface area contributed by atoms with E-state index < -0.39 is 39.2 Å². The number of esters is 1. The highest BCUT2D eigenvalue weighted by molar-refractivity contribution is 6.74. The lowest BCUT2D eigenvalue weighted by Crippen LogP contribution is -2.46. The van der Waals surface area contributed by atoms with E-state index in [0.717, 1.165) is 30.4 Å². The van der Waals surface area contributed by atoms with Crippen LogP contribution in [0.4, 0.5) is 28.9 Å². The number of likely N-dealkylation sites (tertiary alicyclic amines) is 1. The molecule has 1 aliphatic heterocycles. The van der Waals surface area contributed by atoms with Crippen molar-refractivity contribution in [2.24, 2.45) is 0 Å². The summed E-state index contributed by atoms with van der Waals surface area (Å²) < 4.78 is 74.4. The molecule has 280 valence electrons. The first-order valence-corrected chi connectivity index (χ1v) is 20.4. The number of unbranched alkanes of at least 4 members (excludes halogenated alkanes) is 2. The summed E-state index contributed by atoms with van der Waals surface area (Å²) in [5.74, 6) is 5.80. The lowest BCUT2D eigenvalue weighted by atomic mass is 10.0. The predicted octanol–water partition coefficient (Wildman–Crippen LogP) is 8.48. The first kappa shape index (κ1) is 40.0. The highest BCUT2D eigenvalue weighted by Crippen LogP contribution is 2.37. The minimum atomic E-state index is -4.48. The molecule has 1 aliphatic rings. The summed E-state index contributed by atoms with van der Waals surface area (Å²) >= 11 is 0. The summed E-state index contributed by atoms with van der Waals surface area (Å²) in [4.78, 5) is 14.1. The minimum absolute atomic E-state index is 0.0937. The number of nitrogens with one attached hydrogen (secondary N) is 2. The van der Waals surface area contributed by atoms with Crippen LogP contribution in [-0.2, 0) is 15.7 Å². The molecule has 2 aromatic carbocycles. The molecule has 51 heavy (non-hydrogen) atoms. The van der Waals surface area contributed by atoms with Crippen molar-refractivity contribution in [3.8, 4) is 17.6 Å². The fourth-order valence-electron chi connectivity index (χ4n) is 5.70. The van der Waals surface area contributed by atoms with Crippen LogP contribution in [0.5, 0.6) is 5.75 Å². The van der Waals surface area contributed by atoms with E-state index >= 15 is 0 Å². The zero-order chi connectivity index (χ0) is 37.4. The number of hydrogen-bond acceptors (Lipinski definition) is 7. The number of piperidine rings is 1. The lowest BCUT2D eigenvalue weighted by molar-refractivity contribution is -0.140. The highest BCUT2D eigenvalue weighted by Gasteiger charge is 2.37. The molecule has 2 atom stereocenters. The molecule has 2 N–H and O–H groups in total. The van der Waals surface area contributed by atoms with Crippen LogP contribution in [0.1, 0.15) is 62.5 Å². The second kappa shape index (κ2) is 17.2. The number of aromatic nitrogens is 1. The zero-order valence-electron chi connectivity index (χ0n) is 30.8. The van der Waals surface area contributed by atoms with Gasteiger partial charge in [0, 0.05) is 30.8 Å². The normalized spacial score (nSPS) is 17.2. The number of carbonyl (C=O) groups is 1. The number of methoxy groups -OCH3 is 1. The van der Waals surface area contributed by atoms with E-state index in [1.807, 2.05) is 11.9 Å². The minimum Gasteiger partial charge on any atom is -0.491 e. The number of hydrogen-bond donors (Lipinski definition) is 2. The van der Waals surface area contributed by atoms with E-state index in [1.54, 1.807) is 42.5 Å². The van der Waals surface area contributed by atoms with Crippen LogP contribution in [0.3, 0.4) is 0 Å². The van der Waals surface area contributed by atoms with Crippen molar-refractivity contribution in [1.29, 1.82) is 0 Å². The Hall–Kier alpha value is -3.73. The Morgan fingerprint density at radius 1 is 1.04 bits per heavy atom. The van der Waals surface area contributed by atoms with Gasteiger partial charge in [-0.25, -0.2) is 9.18 Å². The molecule has 1 fully saturated rings. The number of halogens is 4. The molecule has 3 aromatic rings. The SMILES string of the molecule is COC(=O)c1ccc(NCC#Cc2cc3c(N[C@@H]4CCN(C)C[C@@H]4F)cccc3n2CC(F)(F)F)c(OCCCCCO[Si](C)(C)C(C)(C)C)c1. The standard InChI is InChI=1S/C38H52F4N4O4Si/c1-37(2,3)51(6,7)50-22-10-8-9-21-49-35-23-27(36(47)48-5)16-17-33(35)43-19-12-13-28-24-29-31(44-32-18-20-45(4)25-30(32)39)14-11-15-34(29)46(28)26-38(40,41)42/h11,14-17,23-24,30,32,43-44H,8-10,18-22,25-26H2,1-7H3/t30-,32+/m0/s1. The van der Waals surface area contributed by atoms with Gasteiger partial charge < -0.3 is 34.0 Å². The summed E-state index contributed by atoms with van der Waals surface area (Å²) in [5, 5.41) is 7.13. The number of alkyl halides is 4. The van der Waals surface area contributed by atoms with Crippen LogP contribution < -0.4 is 15.4 Å². The number of benzene rings is 2. The van der Waals surface area contributed by atoms with Gasteiger partial charge in [-0.1, -0.05) is 32.8 Å². The van der Waals surface area contributed by atoms with Gasteiger partial charge in [0.2, 0.25) is 0 Å².